The highest BCUT2D eigenvalue weighted by atomic mass is 32.2. The van der Waals surface area contributed by atoms with Crippen molar-refractivity contribution in [1.82, 2.24) is 10.2 Å². The lowest BCUT2D eigenvalue weighted by Crippen LogP contribution is -2.27. The van der Waals surface area contributed by atoms with Crippen molar-refractivity contribution in [2.45, 2.75) is 38.1 Å². The lowest BCUT2D eigenvalue weighted by Gasteiger charge is -2.23. The first kappa shape index (κ1) is 14.9. The normalized spacial score (nSPS) is 20.2. The molecular formula is C16H26N2S. The fourth-order valence-corrected chi connectivity index (χ4v) is 3.67. The Morgan fingerprint density at radius 3 is 2.68 bits per heavy atom. The van der Waals surface area contributed by atoms with Crippen LogP contribution >= 0.6 is 11.8 Å². The van der Waals surface area contributed by atoms with E-state index in [-0.39, 0.29) is 0 Å². The van der Waals surface area contributed by atoms with E-state index in [1.54, 1.807) is 0 Å². The monoisotopic (exact) mass is 278 g/mol. The zero-order chi connectivity index (χ0) is 13.7. The van der Waals surface area contributed by atoms with Crippen molar-refractivity contribution < 1.29 is 0 Å². The standard InChI is InChI=1S/C16H26N2S/c1-16(2)8-9-18(10-11-19-16)13-15-7-5-4-6-14(15)12-17-3/h4-7,17H,8-13H2,1-3H3. The molecule has 1 fully saturated rings. The number of thioether (sulfide) groups is 1. The van der Waals surface area contributed by atoms with Crippen LogP contribution < -0.4 is 5.32 Å². The average Bonchev–Trinajstić information content (AvgIpc) is 2.54. The van der Waals surface area contributed by atoms with Gasteiger partial charge < -0.3 is 5.32 Å². The Bertz CT molecular complexity index is 403. The Kier molecular flexibility index (Phi) is 5.31. The topological polar surface area (TPSA) is 15.3 Å². The van der Waals surface area contributed by atoms with Gasteiger partial charge in [-0.2, -0.15) is 11.8 Å². The fraction of sp³-hybridized carbons (Fsp3) is 0.625. The van der Waals surface area contributed by atoms with Crippen LogP contribution in [-0.2, 0) is 13.1 Å². The molecule has 1 N–H and O–H groups in total. The highest BCUT2D eigenvalue weighted by Crippen LogP contribution is 2.31. The highest BCUT2D eigenvalue weighted by molar-refractivity contribution is 8.00. The third-order valence-electron chi connectivity index (χ3n) is 3.81. The zero-order valence-corrected chi connectivity index (χ0v) is 13.2. The molecule has 1 heterocycles. The van der Waals surface area contributed by atoms with E-state index in [0.29, 0.717) is 4.75 Å². The Morgan fingerprint density at radius 1 is 1.21 bits per heavy atom. The van der Waals surface area contributed by atoms with Crippen LogP contribution in [0.5, 0.6) is 0 Å². The average molecular weight is 278 g/mol. The predicted octanol–water partition coefficient (Wildman–Crippen LogP) is 3.12. The van der Waals surface area contributed by atoms with Crippen LogP contribution in [0.2, 0.25) is 0 Å². The number of benzene rings is 1. The van der Waals surface area contributed by atoms with Crippen LogP contribution in [0, 0.1) is 0 Å². The molecule has 0 aliphatic carbocycles. The second-order valence-corrected chi connectivity index (χ2v) is 7.74. The van der Waals surface area contributed by atoms with Crippen LogP contribution in [0.1, 0.15) is 31.4 Å². The SMILES string of the molecule is CNCc1ccccc1CN1CCSC(C)(C)CC1. The number of rotatable bonds is 4. The molecule has 106 valence electrons. The molecule has 3 heteroatoms. The molecule has 0 radical (unpaired) electrons. The summed E-state index contributed by atoms with van der Waals surface area (Å²) < 4.78 is 0.444. The van der Waals surface area contributed by atoms with Gasteiger partial charge in [0.05, 0.1) is 0 Å². The predicted molar refractivity (Wildman–Crippen MR) is 85.6 cm³/mol. The first-order valence-corrected chi connectivity index (χ1v) is 8.17. The van der Waals surface area contributed by atoms with Gasteiger partial charge in [0.25, 0.3) is 0 Å². The molecule has 1 aromatic carbocycles. The van der Waals surface area contributed by atoms with E-state index in [9.17, 15) is 0 Å². The molecule has 0 aromatic heterocycles. The molecule has 0 bridgehead atoms. The van der Waals surface area contributed by atoms with Crippen molar-refractivity contribution >= 4 is 11.8 Å². The Labute approximate surface area is 122 Å². The van der Waals surface area contributed by atoms with Crippen LogP contribution in [-0.4, -0.2) is 35.5 Å². The molecule has 2 rings (SSSR count). The number of nitrogens with zero attached hydrogens (tertiary/aromatic N) is 1. The molecule has 1 aromatic rings. The van der Waals surface area contributed by atoms with Crippen molar-refractivity contribution in [3.8, 4) is 0 Å². The van der Waals surface area contributed by atoms with E-state index in [4.69, 9.17) is 0 Å². The summed E-state index contributed by atoms with van der Waals surface area (Å²) in [6.45, 7) is 9.22. The maximum atomic E-state index is 3.26. The van der Waals surface area contributed by atoms with Crippen LogP contribution in [0.4, 0.5) is 0 Å². The molecule has 0 atom stereocenters. The van der Waals surface area contributed by atoms with Gasteiger partial charge in [0.15, 0.2) is 0 Å². The summed E-state index contributed by atoms with van der Waals surface area (Å²) in [5, 5.41) is 3.26. The van der Waals surface area contributed by atoms with Crippen LogP contribution in [0.25, 0.3) is 0 Å². The summed E-state index contributed by atoms with van der Waals surface area (Å²) in [5.41, 5.74) is 2.91. The first-order valence-electron chi connectivity index (χ1n) is 7.18. The maximum absolute atomic E-state index is 3.26. The van der Waals surface area contributed by atoms with Gasteiger partial charge in [0.2, 0.25) is 0 Å². The molecule has 0 amide bonds. The third kappa shape index (κ3) is 4.51. The Hall–Kier alpha value is -0.510. The largest absolute Gasteiger partial charge is 0.316 e. The number of hydrogen-bond donors (Lipinski definition) is 1. The Morgan fingerprint density at radius 2 is 1.95 bits per heavy atom. The minimum atomic E-state index is 0.444. The molecule has 0 unspecified atom stereocenters. The molecule has 2 nitrogen and oxygen atoms in total. The summed E-state index contributed by atoms with van der Waals surface area (Å²) in [6.07, 6.45) is 1.28. The van der Waals surface area contributed by atoms with Gasteiger partial charge in [-0.05, 0) is 31.1 Å². The van der Waals surface area contributed by atoms with Gasteiger partial charge >= 0.3 is 0 Å². The van der Waals surface area contributed by atoms with Crippen molar-refractivity contribution in [3.05, 3.63) is 35.4 Å². The van der Waals surface area contributed by atoms with E-state index in [1.165, 1.54) is 36.4 Å². The molecule has 0 saturated carbocycles. The molecule has 0 spiro atoms. The summed E-state index contributed by atoms with van der Waals surface area (Å²) in [6, 6.07) is 8.81. The van der Waals surface area contributed by atoms with Crippen LogP contribution in [0.15, 0.2) is 24.3 Å². The van der Waals surface area contributed by atoms with E-state index < -0.39 is 0 Å². The maximum Gasteiger partial charge on any atom is 0.0237 e. The fourth-order valence-electron chi connectivity index (χ4n) is 2.54. The highest BCUT2D eigenvalue weighted by Gasteiger charge is 2.23. The van der Waals surface area contributed by atoms with Gasteiger partial charge in [-0.15, -0.1) is 0 Å². The van der Waals surface area contributed by atoms with Crippen molar-refractivity contribution in [2.75, 3.05) is 25.9 Å². The van der Waals surface area contributed by atoms with E-state index in [1.807, 2.05) is 7.05 Å². The van der Waals surface area contributed by atoms with E-state index in [2.05, 4.69) is 60.1 Å². The van der Waals surface area contributed by atoms with Gasteiger partial charge in [-0.3, -0.25) is 4.90 Å². The smallest absolute Gasteiger partial charge is 0.0237 e. The van der Waals surface area contributed by atoms with E-state index >= 15 is 0 Å². The molecule has 1 aliphatic heterocycles. The van der Waals surface area contributed by atoms with Gasteiger partial charge in [0, 0.05) is 30.1 Å². The molecule has 19 heavy (non-hydrogen) atoms. The Balaban J connectivity index is 2.01. The quantitative estimate of drug-likeness (QED) is 0.911. The van der Waals surface area contributed by atoms with Crippen LogP contribution in [0.3, 0.4) is 0 Å². The second kappa shape index (κ2) is 6.78. The van der Waals surface area contributed by atoms with Crippen molar-refractivity contribution in [1.29, 1.82) is 0 Å². The third-order valence-corrected chi connectivity index (χ3v) is 5.18. The summed E-state index contributed by atoms with van der Waals surface area (Å²) in [5.74, 6) is 1.25. The minimum Gasteiger partial charge on any atom is -0.316 e. The van der Waals surface area contributed by atoms with Gasteiger partial charge in [-0.1, -0.05) is 38.1 Å². The van der Waals surface area contributed by atoms with E-state index in [0.717, 1.165) is 13.1 Å². The molecule has 1 saturated heterocycles. The lowest BCUT2D eigenvalue weighted by molar-refractivity contribution is 0.275. The number of nitrogens with one attached hydrogen (secondary N) is 1. The summed E-state index contributed by atoms with van der Waals surface area (Å²) in [7, 11) is 2.02. The van der Waals surface area contributed by atoms with Crippen molar-refractivity contribution in [2.24, 2.45) is 0 Å². The molecular weight excluding hydrogens is 252 g/mol. The van der Waals surface area contributed by atoms with Gasteiger partial charge in [-0.25, -0.2) is 0 Å². The van der Waals surface area contributed by atoms with Gasteiger partial charge in [0.1, 0.15) is 0 Å². The first-order chi connectivity index (χ1) is 9.11. The summed E-state index contributed by atoms with van der Waals surface area (Å²) >= 11 is 2.12. The second-order valence-electron chi connectivity index (χ2n) is 5.93. The lowest BCUT2D eigenvalue weighted by atomic mass is 10.1. The molecule has 1 aliphatic rings. The summed E-state index contributed by atoms with van der Waals surface area (Å²) in [4.78, 5) is 2.61. The van der Waals surface area contributed by atoms with Crippen molar-refractivity contribution in [3.63, 3.8) is 0 Å². The number of hydrogen-bond acceptors (Lipinski definition) is 3. The minimum absolute atomic E-state index is 0.444. The zero-order valence-electron chi connectivity index (χ0n) is 12.4.